The smallest absolute Gasteiger partial charge is 0.355 e. The molecule has 1 aliphatic rings. The van der Waals surface area contributed by atoms with Gasteiger partial charge in [0.25, 0.3) is 11.8 Å². The molecule has 128 valence electrons. The zero-order chi connectivity index (χ0) is 18.3. The second-order valence-corrected chi connectivity index (χ2v) is 5.80. The van der Waals surface area contributed by atoms with Crippen molar-refractivity contribution in [2.24, 2.45) is 0 Å². The Kier molecular flexibility index (Phi) is 3.65. The van der Waals surface area contributed by atoms with Crippen molar-refractivity contribution in [1.82, 2.24) is 9.88 Å². The van der Waals surface area contributed by atoms with Crippen molar-refractivity contribution in [3.05, 3.63) is 77.1 Å². The number of aromatic amines is 1. The highest BCUT2D eigenvalue weighted by molar-refractivity contribution is 6.25. The van der Waals surface area contributed by atoms with E-state index in [2.05, 4.69) is 4.98 Å². The predicted molar refractivity (Wildman–Crippen MR) is 95.2 cm³/mol. The molecule has 0 unspecified atom stereocenters. The summed E-state index contributed by atoms with van der Waals surface area (Å²) in [6.07, 6.45) is 3.21. The monoisotopic (exact) mass is 346 g/mol. The number of ether oxygens (including phenoxy) is 1. The Hall–Kier alpha value is -3.67. The van der Waals surface area contributed by atoms with E-state index in [1.807, 2.05) is 24.3 Å². The van der Waals surface area contributed by atoms with Gasteiger partial charge in [0, 0.05) is 22.7 Å². The second kappa shape index (κ2) is 6.00. The number of H-pyrrole nitrogens is 1. The average molecular weight is 346 g/mol. The normalized spacial score (nSPS) is 14.0. The summed E-state index contributed by atoms with van der Waals surface area (Å²) in [5, 5.41) is 0.866. The first kappa shape index (κ1) is 15.8. The van der Waals surface area contributed by atoms with Crippen LogP contribution >= 0.6 is 0 Å². The fraction of sp³-hybridized carbons (Fsp3) is 0.0500. The van der Waals surface area contributed by atoms with Crippen molar-refractivity contribution < 1.29 is 19.1 Å². The topological polar surface area (TPSA) is 79.5 Å². The lowest BCUT2D eigenvalue weighted by atomic mass is 10.1. The van der Waals surface area contributed by atoms with Crippen molar-refractivity contribution in [2.75, 3.05) is 7.11 Å². The molecule has 3 aromatic rings. The minimum Gasteiger partial charge on any atom is -0.464 e. The number of methoxy groups -OCH3 is 1. The van der Waals surface area contributed by atoms with Crippen LogP contribution in [-0.2, 0) is 9.53 Å². The van der Waals surface area contributed by atoms with Crippen LogP contribution in [0.1, 0.15) is 26.3 Å². The van der Waals surface area contributed by atoms with Crippen molar-refractivity contribution in [3.63, 3.8) is 0 Å². The molecule has 2 amide bonds. The maximum absolute atomic E-state index is 12.7. The Labute approximate surface area is 148 Å². The summed E-state index contributed by atoms with van der Waals surface area (Å²) in [6, 6.07) is 14.0. The number of esters is 1. The Morgan fingerprint density at radius 1 is 1.00 bits per heavy atom. The molecule has 0 radical (unpaired) electrons. The standard InChI is InChI=1S/C20H14N2O4/c1-26-20(25)17(10-12-11-21-16-9-5-4-6-13(12)16)22-18(23)14-7-2-3-8-15(14)19(22)24/h2-11,21H,1H3/b17-10+. The molecule has 2 heterocycles. The minimum atomic E-state index is -0.759. The lowest BCUT2D eigenvalue weighted by Crippen LogP contribution is -2.33. The van der Waals surface area contributed by atoms with E-state index >= 15 is 0 Å². The van der Waals surface area contributed by atoms with Crippen LogP contribution in [0.2, 0.25) is 0 Å². The van der Waals surface area contributed by atoms with Gasteiger partial charge in [-0.05, 0) is 24.3 Å². The molecule has 0 bridgehead atoms. The number of fused-ring (bicyclic) bond motifs is 2. The van der Waals surface area contributed by atoms with Crippen LogP contribution in [0.15, 0.2) is 60.4 Å². The number of hydrogen-bond donors (Lipinski definition) is 1. The van der Waals surface area contributed by atoms with Crippen LogP contribution in [0, 0.1) is 0 Å². The molecule has 0 fully saturated rings. The molecule has 1 N–H and O–H groups in total. The van der Waals surface area contributed by atoms with E-state index in [0.29, 0.717) is 5.56 Å². The Balaban J connectivity index is 1.86. The summed E-state index contributed by atoms with van der Waals surface area (Å²) >= 11 is 0. The van der Waals surface area contributed by atoms with E-state index in [0.717, 1.165) is 15.8 Å². The summed E-state index contributed by atoms with van der Waals surface area (Å²) in [4.78, 5) is 41.7. The fourth-order valence-corrected chi connectivity index (χ4v) is 3.09. The number of amides is 2. The third-order valence-electron chi connectivity index (χ3n) is 4.34. The quantitative estimate of drug-likeness (QED) is 0.449. The molecular formula is C20H14N2O4. The molecule has 6 heteroatoms. The number of para-hydroxylation sites is 1. The van der Waals surface area contributed by atoms with E-state index in [9.17, 15) is 14.4 Å². The number of hydrogen-bond acceptors (Lipinski definition) is 4. The molecule has 0 saturated heterocycles. The van der Waals surface area contributed by atoms with Gasteiger partial charge in [0.15, 0.2) is 0 Å². The first-order chi connectivity index (χ1) is 12.6. The SMILES string of the molecule is COC(=O)/C(=C\c1c[nH]c2ccccc12)N1C(=O)c2ccccc2C1=O. The van der Waals surface area contributed by atoms with Gasteiger partial charge in [-0.1, -0.05) is 30.3 Å². The van der Waals surface area contributed by atoms with E-state index in [-0.39, 0.29) is 16.8 Å². The lowest BCUT2D eigenvalue weighted by molar-refractivity contribution is -0.137. The number of nitrogens with zero attached hydrogens (tertiary/aromatic N) is 1. The highest BCUT2D eigenvalue weighted by atomic mass is 16.5. The molecule has 0 spiro atoms. The fourth-order valence-electron chi connectivity index (χ4n) is 3.09. The van der Waals surface area contributed by atoms with Crippen LogP contribution in [0.5, 0.6) is 0 Å². The summed E-state index contributed by atoms with van der Waals surface area (Å²) in [5.74, 6) is -1.84. The molecular weight excluding hydrogens is 332 g/mol. The highest BCUT2D eigenvalue weighted by Gasteiger charge is 2.40. The molecule has 4 rings (SSSR count). The molecule has 1 aliphatic heterocycles. The summed E-state index contributed by atoms with van der Waals surface area (Å²) in [6.45, 7) is 0. The van der Waals surface area contributed by atoms with Crippen LogP contribution in [0.25, 0.3) is 17.0 Å². The lowest BCUT2D eigenvalue weighted by Gasteiger charge is -2.16. The van der Waals surface area contributed by atoms with Gasteiger partial charge < -0.3 is 9.72 Å². The first-order valence-electron chi connectivity index (χ1n) is 7.95. The van der Waals surface area contributed by atoms with Crippen LogP contribution in [0.3, 0.4) is 0 Å². The van der Waals surface area contributed by atoms with Gasteiger partial charge in [-0.25, -0.2) is 9.69 Å². The van der Waals surface area contributed by atoms with Crippen LogP contribution in [-0.4, -0.2) is 34.8 Å². The molecule has 2 aromatic carbocycles. The zero-order valence-corrected chi connectivity index (χ0v) is 13.9. The number of aromatic nitrogens is 1. The van der Waals surface area contributed by atoms with Gasteiger partial charge in [0.2, 0.25) is 0 Å². The number of carbonyl (C=O) groups excluding carboxylic acids is 3. The number of rotatable bonds is 3. The van der Waals surface area contributed by atoms with Gasteiger partial charge in [-0.15, -0.1) is 0 Å². The van der Waals surface area contributed by atoms with Gasteiger partial charge in [-0.2, -0.15) is 0 Å². The molecule has 0 saturated carbocycles. The Morgan fingerprint density at radius 2 is 1.62 bits per heavy atom. The number of imide groups is 1. The van der Waals surface area contributed by atoms with Crippen molar-refractivity contribution in [2.45, 2.75) is 0 Å². The van der Waals surface area contributed by atoms with E-state index < -0.39 is 17.8 Å². The number of benzene rings is 2. The third kappa shape index (κ3) is 2.31. The molecule has 0 atom stereocenters. The van der Waals surface area contributed by atoms with Gasteiger partial charge in [-0.3, -0.25) is 9.59 Å². The summed E-state index contributed by atoms with van der Waals surface area (Å²) < 4.78 is 4.82. The maximum Gasteiger partial charge on any atom is 0.355 e. The summed E-state index contributed by atoms with van der Waals surface area (Å²) in [5.41, 5.74) is 1.98. The maximum atomic E-state index is 12.7. The third-order valence-corrected chi connectivity index (χ3v) is 4.34. The molecule has 6 nitrogen and oxygen atoms in total. The highest BCUT2D eigenvalue weighted by Crippen LogP contribution is 2.29. The van der Waals surface area contributed by atoms with Gasteiger partial charge in [0.1, 0.15) is 5.70 Å². The Morgan fingerprint density at radius 3 is 2.27 bits per heavy atom. The van der Waals surface area contributed by atoms with Gasteiger partial charge >= 0.3 is 5.97 Å². The zero-order valence-electron chi connectivity index (χ0n) is 13.9. The Bertz CT molecular complexity index is 1060. The van der Waals surface area contributed by atoms with E-state index in [4.69, 9.17) is 4.74 Å². The second-order valence-electron chi connectivity index (χ2n) is 5.80. The van der Waals surface area contributed by atoms with Crippen LogP contribution < -0.4 is 0 Å². The minimum absolute atomic E-state index is 0.122. The first-order valence-corrected chi connectivity index (χ1v) is 7.95. The predicted octanol–water partition coefficient (Wildman–Crippen LogP) is 2.98. The van der Waals surface area contributed by atoms with Crippen LogP contribution in [0.4, 0.5) is 0 Å². The van der Waals surface area contributed by atoms with E-state index in [1.54, 1.807) is 30.5 Å². The number of nitrogens with one attached hydrogen (secondary N) is 1. The number of carbonyl (C=O) groups is 3. The van der Waals surface area contributed by atoms with Crippen molar-refractivity contribution in [3.8, 4) is 0 Å². The van der Waals surface area contributed by atoms with Gasteiger partial charge in [0.05, 0.1) is 18.2 Å². The van der Waals surface area contributed by atoms with Crippen molar-refractivity contribution in [1.29, 1.82) is 0 Å². The largest absolute Gasteiger partial charge is 0.464 e. The van der Waals surface area contributed by atoms with Crippen molar-refractivity contribution >= 4 is 34.8 Å². The molecule has 26 heavy (non-hydrogen) atoms. The molecule has 1 aromatic heterocycles. The molecule has 0 aliphatic carbocycles. The summed E-state index contributed by atoms with van der Waals surface area (Å²) in [7, 11) is 1.21. The van der Waals surface area contributed by atoms with E-state index in [1.165, 1.54) is 13.2 Å². The average Bonchev–Trinajstić information content (AvgIpc) is 3.19.